The predicted octanol–water partition coefficient (Wildman–Crippen LogP) is 3.80. The third kappa shape index (κ3) is 3.11. The summed E-state index contributed by atoms with van der Waals surface area (Å²) in [6.45, 7) is 2.78. The molecule has 7 heteroatoms. The Morgan fingerprint density at radius 3 is 2.84 bits per heavy atom. The number of anilines is 2. The summed E-state index contributed by atoms with van der Waals surface area (Å²) in [4.78, 5) is 16.4. The molecule has 0 aliphatic heterocycles. The molecule has 2 heterocycles. The van der Waals surface area contributed by atoms with Crippen LogP contribution in [0, 0.1) is 11.3 Å². The van der Waals surface area contributed by atoms with Crippen LogP contribution in [0.15, 0.2) is 35.3 Å². The number of nitriles is 1. The van der Waals surface area contributed by atoms with Gasteiger partial charge in [-0.15, -0.1) is 0 Å². The molecule has 0 saturated heterocycles. The first-order valence-electron chi connectivity index (χ1n) is 8.07. The van der Waals surface area contributed by atoms with Crippen molar-refractivity contribution < 1.29 is 0 Å². The molecule has 6 nitrogen and oxygen atoms in total. The minimum Gasteiger partial charge on any atom is -0.354 e. The number of aryl methyl sites for hydroxylation is 2. The average molecular weight is 356 g/mol. The zero-order valence-corrected chi connectivity index (χ0v) is 14.8. The molecular formula is C18H18ClN5O. The lowest BCUT2D eigenvalue weighted by atomic mass is 10.2. The first kappa shape index (κ1) is 17.1. The Morgan fingerprint density at radius 2 is 2.12 bits per heavy atom. The second kappa shape index (κ2) is 6.99. The molecule has 0 radical (unpaired) electrons. The molecule has 25 heavy (non-hydrogen) atoms. The molecule has 0 spiro atoms. The highest BCUT2D eigenvalue weighted by Crippen LogP contribution is 2.26. The summed E-state index contributed by atoms with van der Waals surface area (Å²) in [6, 6.07) is 9.45. The highest BCUT2D eigenvalue weighted by molar-refractivity contribution is 6.31. The fourth-order valence-corrected chi connectivity index (χ4v) is 3.02. The molecule has 0 saturated carbocycles. The monoisotopic (exact) mass is 355 g/mol. The lowest BCUT2D eigenvalue weighted by Gasteiger charge is -2.10. The first-order chi connectivity index (χ1) is 12.1. The quantitative estimate of drug-likeness (QED) is 0.706. The molecule has 128 valence electrons. The number of imidazole rings is 1. The van der Waals surface area contributed by atoms with Gasteiger partial charge in [0.25, 0.3) is 0 Å². The van der Waals surface area contributed by atoms with Crippen molar-refractivity contribution >= 4 is 34.0 Å². The molecule has 0 aliphatic rings. The fraction of sp³-hybridized carbons (Fsp3) is 0.278. The highest BCUT2D eigenvalue weighted by Gasteiger charge is 2.12. The zero-order valence-electron chi connectivity index (χ0n) is 14.1. The maximum absolute atomic E-state index is 12.4. The molecule has 2 aromatic heterocycles. The molecule has 0 atom stereocenters. The summed E-state index contributed by atoms with van der Waals surface area (Å²) < 4.78 is 3.44. The Bertz CT molecular complexity index is 1030. The van der Waals surface area contributed by atoms with Crippen LogP contribution in [0.5, 0.6) is 0 Å². The number of halogens is 1. The van der Waals surface area contributed by atoms with E-state index in [9.17, 15) is 10.1 Å². The molecular weight excluding hydrogens is 338 g/mol. The summed E-state index contributed by atoms with van der Waals surface area (Å²) in [5.41, 5.74) is 3.37. The third-order valence-corrected chi connectivity index (χ3v) is 4.46. The minimum atomic E-state index is -0.0229. The predicted molar refractivity (Wildman–Crippen MR) is 99.3 cm³/mol. The molecule has 0 aliphatic carbocycles. The van der Waals surface area contributed by atoms with E-state index in [2.05, 4.69) is 23.3 Å². The number of hydrogen-bond acceptors (Lipinski definition) is 4. The number of aromatic nitrogens is 3. The van der Waals surface area contributed by atoms with Crippen molar-refractivity contribution in [1.82, 2.24) is 14.1 Å². The van der Waals surface area contributed by atoms with Crippen molar-refractivity contribution in [3.63, 3.8) is 0 Å². The first-order valence-corrected chi connectivity index (χ1v) is 8.45. The van der Waals surface area contributed by atoms with E-state index in [-0.39, 0.29) is 10.8 Å². The number of nitrogens with one attached hydrogen (secondary N) is 1. The summed E-state index contributed by atoms with van der Waals surface area (Å²) in [6.07, 6.45) is 3.50. The van der Waals surface area contributed by atoms with E-state index in [0.29, 0.717) is 17.8 Å². The second-order valence-corrected chi connectivity index (χ2v) is 6.17. The normalized spacial score (nSPS) is 10.8. The van der Waals surface area contributed by atoms with Crippen molar-refractivity contribution in [3.05, 3.63) is 51.7 Å². The number of benzene rings is 1. The van der Waals surface area contributed by atoms with Gasteiger partial charge in [0.2, 0.25) is 0 Å². The van der Waals surface area contributed by atoms with Gasteiger partial charge in [0.1, 0.15) is 16.8 Å². The van der Waals surface area contributed by atoms with Gasteiger partial charge in [0.15, 0.2) is 0 Å². The van der Waals surface area contributed by atoms with Crippen molar-refractivity contribution in [2.75, 3.05) is 5.32 Å². The van der Waals surface area contributed by atoms with Gasteiger partial charge >= 0.3 is 5.69 Å². The zero-order chi connectivity index (χ0) is 18.0. The van der Waals surface area contributed by atoms with Crippen molar-refractivity contribution in [1.29, 1.82) is 5.26 Å². The Labute approximate surface area is 150 Å². The van der Waals surface area contributed by atoms with Crippen LogP contribution >= 0.6 is 11.6 Å². The van der Waals surface area contributed by atoms with E-state index in [0.717, 1.165) is 29.6 Å². The molecule has 1 aromatic carbocycles. The van der Waals surface area contributed by atoms with Crippen LogP contribution in [-0.2, 0) is 13.6 Å². The van der Waals surface area contributed by atoms with E-state index < -0.39 is 0 Å². The lowest BCUT2D eigenvalue weighted by molar-refractivity contribution is 0.615. The van der Waals surface area contributed by atoms with Crippen LogP contribution in [0.4, 0.5) is 11.4 Å². The van der Waals surface area contributed by atoms with Gasteiger partial charge in [-0.1, -0.05) is 24.9 Å². The molecule has 3 aromatic rings. The van der Waals surface area contributed by atoms with E-state index in [1.54, 1.807) is 28.4 Å². The Morgan fingerprint density at radius 1 is 1.32 bits per heavy atom. The Kier molecular flexibility index (Phi) is 4.77. The Balaban J connectivity index is 2.06. The van der Waals surface area contributed by atoms with Gasteiger partial charge in [-0.3, -0.25) is 9.13 Å². The minimum absolute atomic E-state index is 0.0229. The van der Waals surface area contributed by atoms with Crippen molar-refractivity contribution in [3.8, 4) is 6.07 Å². The number of fused-ring (bicyclic) bond motifs is 1. The number of pyridine rings is 1. The van der Waals surface area contributed by atoms with Gasteiger partial charge in [0.05, 0.1) is 16.7 Å². The summed E-state index contributed by atoms with van der Waals surface area (Å²) in [5, 5.41) is 12.6. The molecule has 0 fully saturated rings. The second-order valence-electron chi connectivity index (χ2n) is 5.81. The van der Waals surface area contributed by atoms with Crippen LogP contribution in [0.1, 0.15) is 25.3 Å². The van der Waals surface area contributed by atoms with Crippen LogP contribution in [0.25, 0.3) is 11.0 Å². The van der Waals surface area contributed by atoms with Crippen LogP contribution in [0.3, 0.4) is 0 Å². The number of rotatable bonds is 5. The van der Waals surface area contributed by atoms with Crippen molar-refractivity contribution in [2.45, 2.75) is 26.3 Å². The summed E-state index contributed by atoms with van der Waals surface area (Å²) in [7, 11) is 1.77. The fourth-order valence-electron chi connectivity index (χ4n) is 2.82. The maximum atomic E-state index is 12.4. The van der Waals surface area contributed by atoms with E-state index in [4.69, 9.17) is 11.6 Å². The van der Waals surface area contributed by atoms with Gasteiger partial charge < -0.3 is 5.32 Å². The van der Waals surface area contributed by atoms with Gasteiger partial charge in [-0.25, -0.2) is 9.78 Å². The number of nitrogens with zero attached hydrogens (tertiary/aromatic N) is 4. The average Bonchev–Trinajstić information content (AvgIpc) is 2.84. The lowest BCUT2D eigenvalue weighted by Crippen LogP contribution is -2.22. The number of unbranched alkanes of at least 4 members (excludes halogenated alkanes) is 1. The van der Waals surface area contributed by atoms with E-state index in [1.807, 2.05) is 18.2 Å². The topological polar surface area (TPSA) is 75.6 Å². The summed E-state index contributed by atoms with van der Waals surface area (Å²) >= 11 is 5.97. The van der Waals surface area contributed by atoms with E-state index >= 15 is 0 Å². The van der Waals surface area contributed by atoms with Crippen LogP contribution in [0.2, 0.25) is 5.15 Å². The SMILES string of the molecule is CCCCn1c(=O)n(C)c2ccc(Nc3ccnc(Cl)c3C#N)cc21. The van der Waals surface area contributed by atoms with Gasteiger partial charge in [-0.05, 0) is 30.7 Å². The molecule has 1 N–H and O–H groups in total. The standard InChI is InChI=1S/C18H18ClN5O/c1-3-4-9-24-16-10-12(5-6-15(16)23(2)18(24)25)22-14-7-8-21-17(19)13(14)11-20/h5-8,10H,3-4,9H2,1-2H3,(H,21,22). The highest BCUT2D eigenvalue weighted by atomic mass is 35.5. The van der Waals surface area contributed by atoms with Gasteiger partial charge in [-0.2, -0.15) is 5.26 Å². The largest absolute Gasteiger partial charge is 0.354 e. The third-order valence-electron chi connectivity index (χ3n) is 4.18. The number of hydrogen-bond donors (Lipinski definition) is 1. The molecule has 0 amide bonds. The van der Waals surface area contributed by atoms with Crippen LogP contribution < -0.4 is 11.0 Å². The van der Waals surface area contributed by atoms with E-state index in [1.165, 1.54) is 0 Å². The molecule has 0 unspecified atom stereocenters. The van der Waals surface area contributed by atoms with Crippen LogP contribution in [-0.4, -0.2) is 14.1 Å². The summed E-state index contributed by atoms with van der Waals surface area (Å²) in [5.74, 6) is 0. The Hall–Kier alpha value is -2.78. The van der Waals surface area contributed by atoms with Crippen molar-refractivity contribution in [2.24, 2.45) is 7.05 Å². The molecule has 0 bridgehead atoms. The maximum Gasteiger partial charge on any atom is 0.328 e. The molecule has 3 rings (SSSR count). The smallest absolute Gasteiger partial charge is 0.328 e. The van der Waals surface area contributed by atoms with Gasteiger partial charge in [0, 0.05) is 25.5 Å².